The lowest BCUT2D eigenvalue weighted by atomic mass is 10.1. The van der Waals surface area contributed by atoms with Gasteiger partial charge in [0, 0.05) is 19.3 Å². The van der Waals surface area contributed by atoms with Gasteiger partial charge in [-0.2, -0.15) is 0 Å². The van der Waals surface area contributed by atoms with Crippen molar-refractivity contribution in [3.05, 3.63) is 23.8 Å². The van der Waals surface area contributed by atoms with Crippen LogP contribution in [0.2, 0.25) is 0 Å². The first-order valence-electron chi connectivity index (χ1n) is 5.27. The van der Waals surface area contributed by atoms with Crippen molar-refractivity contribution in [2.24, 2.45) is 0 Å². The van der Waals surface area contributed by atoms with Crippen LogP contribution >= 0.6 is 0 Å². The zero-order valence-corrected chi connectivity index (χ0v) is 10.3. The molecule has 0 bridgehead atoms. The van der Waals surface area contributed by atoms with Crippen molar-refractivity contribution in [1.82, 2.24) is 0 Å². The summed E-state index contributed by atoms with van der Waals surface area (Å²) in [5.74, 6) is -0.984. The maximum atomic E-state index is 11.0. The van der Waals surface area contributed by atoms with Gasteiger partial charge in [0.15, 0.2) is 0 Å². The van der Waals surface area contributed by atoms with E-state index in [1.165, 1.54) is 6.07 Å². The number of anilines is 2. The Balaban J connectivity index is 2.89. The zero-order chi connectivity index (χ0) is 13.1. The molecule has 0 amide bonds. The lowest BCUT2D eigenvalue weighted by Crippen LogP contribution is -2.32. The van der Waals surface area contributed by atoms with Gasteiger partial charge in [0.05, 0.1) is 16.9 Å². The number of nitrogens with two attached hydrogens (primary N) is 1. The van der Waals surface area contributed by atoms with Gasteiger partial charge in [-0.1, -0.05) is 0 Å². The lowest BCUT2D eigenvalue weighted by Gasteiger charge is -2.24. The van der Waals surface area contributed by atoms with Crippen molar-refractivity contribution in [2.45, 2.75) is 19.4 Å². The van der Waals surface area contributed by atoms with E-state index >= 15 is 0 Å². The van der Waals surface area contributed by atoms with Crippen molar-refractivity contribution in [3.63, 3.8) is 0 Å². The summed E-state index contributed by atoms with van der Waals surface area (Å²) in [6.07, 6.45) is 0. The normalized spacial score (nSPS) is 11.2. The highest BCUT2D eigenvalue weighted by Crippen LogP contribution is 2.20. The van der Waals surface area contributed by atoms with Crippen LogP contribution in [0.4, 0.5) is 11.4 Å². The number of benzene rings is 1. The zero-order valence-electron chi connectivity index (χ0n) is 10.3. The van der Waals surface area contributed by atoms with E-state index in [4.69, 9.17) is 15.6 Å². The molecule has 0 aromatic heterocycles. The third kappa shape index (κ3) is 3.64. The van der Waals surface area contributed by atoms with E-state index in [0.717, 1.165) is 0 Å². The fourth-order valence-corrected chi connectivity index (χ4v) is 1.27. The van der Waals surface area contributed by atoms with Gasteiger partial charge >= 0.3 is 5.97 Å². The van der Waals surface area contributed by atoms with E-state index in [1.54, 1.807) is 19.2 Å². The third-order valence-corrected chi connectivity index (χ3v) is 2.53. The number of hydrogen-bond donors (Lipinski definition) is 3. The Labute approximate surface area is 101 Å². The molecule has 0 aliphatic rings. The molecule has 0 heterocycles. The maximum Gasteiger partial charge on any atom is 0.337 e. The molecule has 1 aromatic carbocycles. The molecular weight excluding hydrogens is 220 g/mol. The maximum absolute atomic E-state index is 11.0. The van der Waals surface area contributed by atoms with E-state index < -0.39 is 5.97 Å². The number of carboxylic acid groups (broad SMARTS) is 1. The van der Waals surface area contributed by atoms with E-state index in [2.05, 4.69) is 5.32 Å². The molecule has 0 aliphatic carbocycles. The molecule has 0 spiro atoms. The van der Waals surface area contributed by atoms with Crippen molar-refractivity contribution in [3.8, 4) is 0 Å². The molecule has 94 valence electrons. The van der Waals surface area contributed by atoms with Crippen LogP contribution in [0.25, 0.3) is 0 Å². The molecule has 1 aromatic rings. The third-order valence-electron chi connectivity index (χ3n) is 2.53. The highest BCUT2D eigenvalue weighted by molar-refractivity contribution is 5.95. The second kappa shape index (κ2) is 5.05. The Hall–Kier alpha value is -1.75. The number of aromatic carboxylic acids is 1. The van der Waals surface area contributed by atoms with Crippen molar-refractivity contribution >= 4 is 17.3 Å². The Bertz CT molecular complexity index is 416. The molecule has 5 heteroatoms. The van der Waals surface area contributed by atoms with Crippen LogP contribution in [0.15, 0.2) is 18.2 Å². The van der Waals surface area contributed by atoms with Gasteiger partial charge in [-0.15, -0.1) is 0 Å². The summed E-state index contributed by atoms with van der Waals surface area (Å²) in [4.78, 5) is 11.0. The molecule has 0 saturated heterocycles. The minimum absolute atomic E-state index is 0.200. The molecule has 0 unspecified atom stereocenters. The van der Waals surface area contributed by atoms with Crippen molar-refractivity contribution < 1.29 is 14.6 Å². The quantitative estimate of drug-likeness (QED) is 0.681. The summed E-state index contributed by atoms with van der Waals surface area (Å²) in [7, 11) is 1.61. The van der Waals surface area contributed by atoms with E-state index in [9.17, 15) is 4.79 Å². The van der Waals surface area contributed by atoms with E-state index in [-0.39, 0.29) is 11.2 Å². The van der Waals surface area contributed by atoms with Crippen LogP contribution in [-0.2, 0) is 4.74 Å². The minimum Gasteiger partial charge on any atom is -0.478 e. The van der Waals surface area contributed by atoms with Gasteiger partial charge in [-0.25, -0.2) is 4.79 Å². The van der Waals surface area contributed by atoms with Gasteiger partial charge in [-0.3, -0.25) is 0 Å². The van der Waals surface area contributed by atoms with Crippen LogP contribution < -0.4 is 11.1 Å². The lowest BCUT2D eigenvalue weighted by molar-refractivity contribution is 0.0343. The van der Waals surface area contributed by atoms with Gasteiger partial charge in [0.25, 0.3) is 0 Å². The number of carboxylic acids is 1. The van der Waals surface area contributed by atoms with Gasteiger partial charge < -0.3 is 20.9 Å². The molecule has 5 nitrogen and oxygen atoms in total. The predicted molar refractivity (Wildman–Crippen MR) is 67.4 cm³/mol. The molecule has 0 radical (unpaired) electrons. The van der Waals surface area contributed by atoms with Crippen molar-refractivity contribution in [1.29, 1.82) is 0 Å². The summed E-state index contributed by atoms with van der Waals surface area (Å²) in [6.45, 7) is 4.31. The Morgan fingerprint density at radius 2 is 2.18 bits per heavy atom. The highest BCUT2D eigenvalue weighted by atomic mass is 16.5. The van der Waals surface area contributed by atoms with Crippen LogP contribution in [-0.4, -0.2) is 30.3 Å². The number of rotatable bonds is 5. The Morgan fingerprint density at radius 1 is 1.53 bits per heavy atom. The van der Waals surface area contributed by atoms with Gasteiger partial charge in [-0.05, 0) is 32.0 Å². The standard InChI is InChI=1S/C12H18N2O3/c1-12(2,17-3)7-14-10-6-8(13)4-5-9(10)11(15)16/h4-6,14H,7,13H2,1-3H3,(H,15,16). The Morgan fingerprint density at radius 3 is 2.71 bits per heavy atom. The number of carbonyl (C=O) groups is 1. The van der Waals surface area contributed by atoms with E-state index in [0.29, 0.717) is 17.9 Å². The highest BCUT2D eigenvalue weighted by Gasteiger charge is 2.17. The summed E-state index contributed by atoms with van der Waals surface area (Å²) < 4.78 is 5.25. The SMILES string of the molecule is COC(C)(C)CNc1cc(N)ccc1C(=O)O. The molecule has 0 aliphatic heterocycles. The minimum atomic E-state index is -0.984. The molecule has 0 atom stereocenters. The van der Waals surface area contributed by atoms with E-state index in [1.807, 2.05) is 13.8 Å². The van der Waals surface area contributed by atoms with Crippen molar-refractivity contribution in [2.75, 3.05) is 24.7 Å². The number of nitrogen functional groups attached to an aromatic ring is 1. The van der Waals surface area contributed by atoms with Crippen LogP contribution in [0, 0.1) is 0 Å². The number of nitrogens with one attached hydrogen (secondary N) is 1. The Kier molecular flexibility index (Phi) is 3.96. The fraction of sp³-hybridized carbons (Fsp3) is 0.417. The fourth-order valence-electron chi connectivity index (χ4n) is 1.27. The topological polar surface area (TPSA) is 84.6 Å². The number of hydrogen-bond acceptors (Lipinski definition) is 4. The predicted octanol–water partition coefficient (Wildman–Crippen LogP) is 1.80. The first kappa shape index (κ1) is 13.3. The average Bonchev–Trinajstić information content (AvgIpc) is 2.26. The molecule has 17 heavy (non-hydrogen) atoms. The van der Waals surface area contributed by atoms with Gasteiger partial charge in [0.1, 0.15) is 0 Å². The second-order valence-electron chi connectivity index (χ2n) is 4.43. The van der Waals surface area contributed by atoms with Crippen LogP contribution in [0.1, 0.15) is 24.2 Å². The first-order valence-corrected chi connectivity index (χ1v) is 5.27. The molecule has 4 N–H and O–H groups in total. The molecule has 0 saturated carbocycles. The molecule has 0 fully saturated rings. The largest absolute Gasteiger partial charge is 0.478 e. The number of ether oxygens (including phenoxy) is 1. The summed E-state index contributed by atoms with van der Waals surface area (Å²) >= 11 is 0. The summed E-state index contributed by atoms with van der Waals surface area (Å²) in [5.41, 5.74) is 6.48. The van der Waals surface area contributed by atoms with Crippen LogP contribution in [0.3, 0.4) is 0 Å². The molecular formula is C12H18N2O3. The van der Waals surface area contributed by atoms with Crippen LogP contribution in [0.5, 0.6) is 0 Å². The summed E-state index contributed by atoms with van der Waals surface area (Å²) in [6, 6.07) is 4.66. The summed E-state index contributed by atoms with van der Waals surface area (Å²) in [5, 5.41) is 12.1. The number of methoxy groups -OCH3 is 1. The molecule has 1 rings (SSSR count). The monoisotopic (exact) mass is 238 g/mol. The smallest absolute Gasteiger partial charge is 0.337 e. The average molecular weight is 238 g/mol. The first-order chi connectivity index (χ1) is 7.85. The second-order valence-corrected chi connectivity index (χ2v) is 4.43. The van der Waals surface area contributed by atoms with Gasteiger partial charge in [0.2, 0.25) is 0 Å².